The minimum Gasteiger partial charge on any atom is -0.435 e. The van der Waals surface area contributed by atoms with E-state index in [1.165, 1.54) is 0 Å². The molecular formula is C23H37NO7. The average Bonchev–Trinajstić information content (AvgIpc) is 2.96. The minimum atomic E-state index is -0.860. The summed E-state index contributed by atoms with van der Waals surface area (Å²) in [6.45, 7) is 10.1. The smallest absolute Gasteiger partial charge is 0.308 e. The molecule has 176 valence electrons. The van der Waals surface area contributed by atoms with Crippen molar-refractivity contribution >= 4 is 11.9 Å². The summed E-state index contributed by atoms with van der Waals surface area (Å²) in [6.07, 6.45) is 3.31. The van der Waals surface area contributed by atoms with Gasteiger partial charge < -0.3 is 19.5 Å². The maximum atomic E-state index is 12.5. The Balaban J connectivity index is 1.44. The van der Waals surface area contributed by atoms with Crippen molar-refractivity contribution in [3.63, 3.8) is 0 Å². The van der Waals surface area contributed by atoms with Gasteiger partial charge in [-0.1, -0.05) is 20.8 Å². The highest BCUT2D eigenvalue weighted by Gasteiger charge is 2.69. The molecule has 4 heterocycles. The van der Waals surface area contributed by atoms with Crippen molar-refractivity contribution in [1.29, 1.82) is 0 Å². The topological polar surface area (TPSA) is 92.3 Å². The van der Waals surface area contributed by atoms with Crippen molar-refractivity contribution in [2.75, 3.05) is 0 Å². The molecule has 1 aliphatic carbocycles. The molecule has 0 aromatic heterocycles. The molecule has 0 aromatic rings. The van der Waals surface area contributed by atoms with Crippen LogP contribution in [0, 0.1) is 23.7 Å². The maximum absolute atomic E-state index is 12.5. The van der Waals surface area contributed by atoms with Crippen LogP contribution in [0.25, 0.3) is 0 Å². The Morgan fingerprint density at radius 1 is 1.13 bits per heavy atom. The van der Waals surface area contributed by atoms with Crippen LogP contribution in [-0.4, -0.2) is 41.9 Å². The van der Waals surface area contributed by atoms with Gasteiger partial charge in [0.05, 0.1) is 6.42 Å². The van der Waals surface area contributed by atoms with Gasteiger partial charge in [-0.25, -0.2) is 9.78 Å². The molecule has 9 atom stereocenters. The third kappa shape index (κ3) is 4.12. The Bertz CT molecular complexity index is 701. The van der Waals surface area contributed by atoms with E-state index in [1.54, 1.807) is 0 Å². The van der Waals surface area contributed by atoms with Crippen molar-refractivity contribution in [3.05, 3.63) is 0 Å². The summed E-state index contributed by atoms with van der Waals surface area (Å²) in [5.74, 6) is -0.666. The maximum Gasteiger partial charge on any atom is 0.308 e. The van der Waals surface area contributed by atoms with E-state index in [1.807, 2.05) is 27.7 Å². The van der Waals surface area contributed by atoms with E-state index in [4.69, 9.17) is 24.0 Å². The van der Waals surface area contributed by atoms with Gasteiger partial charge in [0.25, 0.3) is 0 Å². The van der Waals surface area contributed by atoms with Gasteiger partial charge in [-0.05, 0) is 51.4 Å². The third-order valence-electron chi connectivity index (χ3n) is 7.92. The van der Waals surface area contributed by atoms with Crippen LogP contribution < -0.4 is 5.32 Å². The molecule has 0 aromatic carbocycles. The number of carbonyl (C=O) groups is 2. The van der Waals surface area contributed by atoms with Gasteiger partial charge in [0.15, 0.2) is 11.9 Å². The van der Waals surface area contributed by atoms with Crippen LogP contribution in [0.4, 0.5) is 0 Å². The van der Waals surface area contributed by atoms with Crippen molar-refractivity contribution in [3.8, 4) is 0 Å². The van der Waals surface area contributed by atoms with Crippen molar-refractivity contribution in [1.82, 2.24) is 5.32 Å². The summed E-state index contributed by atoms with van der Waals surface area (Å²) in [4.78, 5) is 36.4. The Kier molecular flexibility index (Phi) is 6.38. The third-order valence-corrected chi connectivity index (χ3v) is 7.92. The fourth-order valence-corrected chi connectivity index (χ4v) is 5.86. The zero-order valence-corrected chi connectivity index (χ0v) is 19.3. The zero-order valence-electron chi connectivity index (χ0n) is 19.3. The first kappa shape index (κ1) is 23.0. The molecule has 5 rings (SSSR count). The molecule has 5 aliphatic rings. The lowest BCUT2D eigenvalue weighted by Crippen LogP contribution is -2.70. The Morgan fingerprint density at radius 3 is 2.65 bits per heavy atom. The fraction of sp³-hybridized carbons (Fsp3) is 0.913. The number of ether oxygens (including phenoxy) is 3. The molecule has 0 unspecified atom stereocenters. The number of nitrogens with one attached hydrogen (secondary N) is 1. The second kappa shape index (κ2) is 8.61. The summed E-state index contributed by atoms with van der Waals surface area (Å²) in [7, 11) is 0. The first-order valence-corrected chi connectivity index (χ1v) is 11.9. The molecule has 2 bridgehead atoms. The largest absolute Gasteiger partial charge is 0.435 e. The Labute approximate surface area is 184 Å². The van der Waals surface area contributed by atoms with Gasteiger partial charge >= 0.3 is 5.97 Å². The zero-order chi connectivity index (χ0) is 22.4. The molecule has 1 spiro atoms. The minimum absolute atomic E-state index is 0.0210. The molecule has 1 saturated carbocycles. The summed E-state index contributed by atoms with van der Waals surface area (Å²) in [5, 5.41) is 2.87. The standard InChI is InChI=1S/C23H37NO7/c1-6-14(3)24-18(25)9-10-19(26)27-20-15(4)17-8-7-13(2)16-11-12-22(5)29-21(28-20)23(16,17)31-30-22/h13-17,20-21H,6-12H2,1-5H3,(H,24,25)/t13-,14-,15+,16+,17-,20-,21+,22-,23+/m1/s1. The summed E-state index contributed by atoms with van der Waals surface area (Å²) in [6, 6.07) is 0.0921. The quantitative estimate of drug-likeness (QED) is 0.501. The van der Waals surface area contributed by atoms with Gasteiger partial charge in [0, 0.05) is 30.7 Å². The number of carbonyl (C=O) groups excluding carboxylic acids is 2. The summed E-state index contributed by atoms with van der Waals surface area (Å²) >= 11 is 0. The summed E-state index contributed by atoms with van der Waals surface area (Å²) in [5.41, 5.74) is -0.674. The normalized spacial score (nSPS) is 44.7. The molecule has 1 N–H and O–H groups in total. The molecule has 0 radical (unpaired) electrons. The van der Waals surface area contributed by atoms with Crippen LogP contribution in [0.1, 0.15) is 79.6 Å². The lowest BCUT2D eigenvalue weighted by Gasteiger charge is -2.59. The van der Waals surface area contributed by atoms with E-state index in [0.29, 0.717) is 5.92 Å². The van der Waals surface area contributed by atoms with Crippen LogP contribution in [0.15, 0.2) is 0 Å². The number of rotatable bonds is 6. The molecule has 8 nitrogen and oxygen atoms in total. The van der Waals surface area contributed by atoms with Crippen LogP contribution in [0.2, 0.25) is 0 Å². The van der Waals surface area contributed by atoms with E-state index in [-0.39, 0.29) is 42.5 Å². The molecule has 8 heteroatoms. The monoisotopic (exact) mass is 439 g/mol. The van der Waals surface area contributed by atoms with Crippen molar-refractivity contribution in [2.24, 2.45) is 23.7 Å². The van der Waals surface area contributed by atoms with E-state index in [2.05, 4.69) is 12.2 Å². The fourth-order valence-electron chi connectivity index (χ4n) is 5.86. The lowest BCUT2D eigenvalue weighted by molar-refractivity contribution is -0.576. The SMILES string of the molecule is CC[C@@H](C)NC(=O)CCC(=O)O[C@@H]1O[C@H]2O[C@@]3(C)CC[C@H]4[C@H](C)CC[C@H]([C@@H]1C)[C@]24OO3. The highest BCUT2D eigenvalue weighted by molar-refractivity contribution is 5.81. The van der Waals surface area contributed by atoms with Crippen molar-refractivity contribution in [2.45, 2.75) is 110 Å². The average molecular weight is 440 g/mol. The van der Waals surface area contributed by atoms with Crippen LogP contribution in [0.5, 0.6) is 0 Å². The van der Waals surface area contributed by atoms with Crippen LogP contribution >= 0.6 is 0 Å². The van der Waals surface area contributed by atoms with Gasteiger partial charge in [-0.15, -0.1) is 0 Å². The van der Waals surface area contributed by atoms with E-state index < -0.39 is 29.9 Å². The Hall–Kier alpha value is -1.22. The highest BCUT2D eigenvalue weighted by atomic mass is 17.3. The molecular weight excluding hydrogens is 402 g/mol. The van der Waals surface area contributed by atoms with Gasteiger partial charge in [-0.3, -0.25) is 9.59 Å². The predicted molar refractivity (Wildman–Crippen MR) is 110 cm³/mol. The van der Waals surface area contributed by atoms with Crippen LogP contribution in [-0.2, 0) is 33.6 Å². The van der Waals surface area contributed by atoms with Gasteiger partial charge in [-0.2, -0.15) is 0 Å². The number of amides is 1. The predicted octanol–water partition coefficient (Wildman–Crippen LogP) is 3.43. The van der Waals surface area contributed by atoms with E-state index in [0.717, 1.165) is 32.1 Å². The lowest BCUT2D eigenvalue weighted by atomic mass is 9.58. The highest BCUT2D eigenvalue weighted by Crippen LogP contribution is 2.60. The van der Waals surface area contributed by atoms with Gasteiger partial charge in [0.2, 0.25) is 18.0 Å². The Morgan fingerprint density at radius 2 is 1.90 bits per heavy atom. The van der Waals surface area contributed by atoms with E-state index >= 15 is 0 Å². The van der Waals surface area contributed by atoms with Gasteiger partial charge in [0.1, 0.15) is 0 Å². The number of hydrogen-bond acceptors (Lipinski definition) is 7. The second-order valence-electron chi connectivity index (χ2n) is 10.1. The van der Waals surface area contributed by atoms with Crippen molar-refractivity contribution < 1.29 is 33.6 Å². The van der Waals surface area contributed by atoms with E-state index in [9.17, 15) is 9.59 Å². The number of esters is 1. The molecule has 31 heavy (non-hydrogen) atoms. The summed E-state index contributed by atoms with van der Waals surface area (Å²) < 4.78 is 18.2. The number of hydrogen-bond donors (Lipinski definition) is 1. The molecule has 1 amide bonds. The van der Waals surface area contributed by atoms with Crippen LogP contribution in [0.3, 0.4) is 0 Å². The number of fused-ring (bicyclic) bond motifs is 2. The molecule has 5 fully saturated rings. The molecule has 4 saturated heterocycles. The first-order chi connectivity index (χ1) is 14.7. The molecule has 4 aliphatic heterocycles. The first-order valence-electron chi connectivity index (χ1n) is 11.9. The second-order valence-corrected chi connectivity index (χ2v) is 10.1.